The van der Waals surface area contributed by atoms with Crippen molar-refractivity contribution >= 4 is 34.9 Å². The van der Waals surface area contributed by atoms with Gasteiger partial charge in [-0.15, -0.1) is 12.4 Å². The molecule has 0 bridgehead atoms. The number of halogens is 1. The molecule has 2 aromatic carbocycles. The van der Waals surface area contributed by atoms with Crippen LogP contribution in [-0.4, -0.2) is 15.9 Å². The first kappa shape index (κ1) is 17.5. The van der Waals surface area contributed by atoms with E-state index in [2.05, 4.69) is 15.3 Å². The van der Waals surface area contributed by atoms with Gasteiger partial charge in [0.15, 0.2) is 0 Å². The van der Waals surface area contributed by atoms with Gasteiger partial charge in [0.25, 0.3) is 5.91 Å². The van der Waals surface area contributed by atoms with E-state index in [9.17, 15) is 4.79 Å². The maximum Gasteiger partial charge on any atom is 0.255 e. The Labute approximate surface area is 156 Å². The van der Waals surface area contributed by atoms with Gasteiger partial charge in [-0.05, 0) is 36.4 Å². The number of aromatic nitrogens is 2. The van der Waals surface area contributed by atoms with Crippen molar-refractivity contribution in [3.8, 4) is 11.6 Å². The average molecular weight is 366 g/mol. The number of anilines is 1. The number of H-pyrrole nitrogens is 1. The van der Waals surface area contributed by atoms with Crippen LogP contribution in [0.3, 0.4) is 0 Å². The number of rotatable bonds is 4. The van der Waals surface area contributed by atoms with Gasteiger partial charge in [-0.2, -0.15) is 0 Å². The zero-order valence-electron chi connectivity index (χ0n) is 13.7. The van der Waals surface area contributed by atoms with E-state index in [4.69, 9.17) is 4.74 Å². The third kappa shape index (κ3) is 3.68. The van der Waals surface area contributed by atoms with E-state index in [1.165, 1.54) is 0 Å². The first-order chi connectivity index (χ1) is 12.3. The molecule has 0 spiro atoms. The summed E-state index contributed by atoms with van der Waals surface area (Å²) in [4.78, 5) is 19.5. The SMILES string of the molecule is Cl.O=C(Nc1ccc(Oc2cccc3[nH]ccc23)nc1)c1ccccc1. The van der Waals surface area contributed by atoms with Crippen LogP contribution >= 0.6 is 12.4 Å². The van der Waals surface area contributed by atoms with Gasteiger partial charge in [0.05, 0.1) is 11.9 Å². The molecule has 0 unspecified atom stereocenters. The Morgan fingerprint density at radius 2 is 1.81 bits per heavy atom. The monoisotopic (exact) mass is 365 g/mol. The van der Waals surface area contributed by atoms with Crippen LogP contribution in [0.25, 0.3) is 10.9 Å². The second kappa shape index (κ2) is 7.72. The molecule has 6 heteroatoms. The van der Waals surface area contributed by atoms with Crippen molar-refractivity contribution in [2.24, 2.45) is 0 Å². The van der Waals surface area contributed by atoms with E-state index in [0.717, 1.165) is 16.7 Å². The van der Waals surface area contributed by atoms with Gasteiger partial charge >= 0.3 is 0 Å². The van der Waals surface area contributed by atoms with Gasteiger partial charge in [-0.1, -0.05) is 24.3 Å². The summed E-state index contributed by atoms with van der Waals surface area (Å²) in [6.45, 7) is 0. The zero-order valence-corrected chi connectivity index (χ0v) is 14.5. The Balaban J connectivity index is 0.00000196. The van der Waals surface area contributed by atoms with E-state index in [1.807, 2.05) is 48.7 Å². The van der Waals surface area contributed by atoms with Gasteiger partial charge in [0, 0.05) is 28.7 Å². The number of benzene rings is 2. The summed E-state index contributed by atoms with van der Waals surface area (Å²) < 4.78 is 5.85. The third-order valence-electron chi connectivity index (χ3n) is 3.80. The molecule has 5 nitrogen and oxygen atoms in total. The van der Waals surface area contributed by atoms with Crippen LogP contribution in [0.4, 0.5) is 5.69 Å². The molecular weight excluding hydrogens is 350 g/mol. The summed E-state index contributed by atoms with van der Waals surface area (Å²) >= 11 is 0. The second-order valence-electron chi connectivity index (χ2n) is 5.50. The number of hydrogen-bond acceptors (Lipinski definition) is 3. The number of nitrogens with one attached hydrogen (secondary N) is 2. The number of hydrogen-bond donors (Lipinski definition) is 2. The van der Waals surface area contributed by atoms with E-state index < -0.39 is 0 Å². The highest BCUT2D eigenvalue weighted by Gasteiger charge is 2.07. The molecule has 2 aromatic heterocycles. The van der Waals surface area contributed by atoms with Crippen molar-refractivity contribution in [2.75, 3.05) is 5.32 Å². The van der Waals surface area contributed by atoms with Gasteiger partial charge in [0.2, 0.25) is 5.88 Å². The maximum atomic E-state index is 12.1. The molecule has 4 rings (SSSR count). The first-order valence-electron chi connectivity index (χ1n) is 7.86. The fraction of sp³-hybridized carbons (Fsp3) is 0. The average Bonchev–Trinajstić information content (AvgIpc) is 3.14. The van der Waals surface area contributed by atoms with Gasteiger partial charge in [0.1, 0.15) is 5.75 Å². The highest BCUT2D eigenvalue weighted by atomic mass is 35.5. The lowest BCUT2D eigenvalue weighted by atomic mass is 10.2. The Bertz CT molecular complexity index is 1010. The van der Waals surface area contributed by atoms with Crippen LogP contribution in [0.5, 0.6) is 11.6 Å². The molecule has 0 aliphatic carbocycles. The predicted octanol–water partition coefficient (Wildman–Crippen LogP) is 5.03. The Kier molecular flexibility index (Phi) is 5.20. The summed E-state index contributed by atoms with van der Waals surface area (Å²) in [6.07, 6.45) is 3.45. The van der Waals surface area contributed by atoms with Crippen molar-refractivity contribution in [3.63, 3.8) is 0 Å². The molecule has 2 N–H and O–H groups in total. The molecule has 0 saturated carbocycles. The van der Waals surface area contributed by atoms with Crippen molar-refractivity contribution < 1.29 is 9.53 Å². The van der Waals surface area contributed by atoms with Crippen molar-refractivity contribution in [2.45, 2.75) is 0 Å². The van der Waals surface area contributed by atoms with Crippen LogP contribution in [-0.2, 0) is 0 Å². The highest BCUT2D eigenvalue weighted by molar-refractivity contribution is 6.04. The number of ether oxygens (including phenoxy) is 1. The summed E-state index contributed by atoms with van der Waals surface area (Å²) in [7, 11) is 0. The van der Waals surface area contributed by atoms with Crippen LogP contribution in [0, 0.1) is 0 Å². The maximum absolute atomic E-state index is 12.1. The van der Waals surface area contributed by atoms with Crippen LogP contribution < -0.4 is 10.1 Å². The van der Waals surface area contributed by atoms with Crippen LogP contribution in [0.15, 0.2) is 79.1 Å². The van der Waals surface area contributed by atoms with Gasteiger partial charge in [-0.3, -0.25) is 4.79 Å². The smallest absolute Gasteiger partial charge is 0.255 e. The van der Waals surface area contributed by atoms with E-state index >= 15 is 0 Å². The zero-order chi connectivity index (χ0) is 17.1. The molecule has 2 heterocycles. The van der Waals surface area contributed by atoms with Crippen LogP contribution in [0.1, 0.15) is 10.4 Å². The summed E-state index contributed by atoms with van der Waals surface area (Å²) in [5.41, 5.74) is 2.22. The standard InChI is InChI=1S/C20H15N3O2.ClH/c24-20(14-5-2-1-3-6-14)23-15-9-10-19(22-13-15)25-18-8-4-7-17-16(18)11-12-21-17;/h1-13,21H,(H,23,24);1H. The predicted molar refractivity (Wildman–Crippen MR) is 104 cm³/mol. The van der Waals surface area contributed by atoms with Gasteiger partial charge < -0.3 is 15.0 Å². The third-order valence-corrected chi connectivity index (χ3v) is 3.80. The molecular formula is C20H16ClN3O2. The Hall–Kier alpha value is -3.31. The lowest BCUT2D eigenvalue weighted by molar-refractivity contribution is 0.102. The number of carbonyl (C=O) groups is 1. The minimum Gasteiger partial charge on any atom is -0.438 e. The number of pyridine rings is 1. The van der Waals surface area contributed by atoms with E-state index in [0.29, 0.717) is 17.1 Å². The van der Waals surface area contributed by atoms with E-state index in [1.54, 1.807) is 30.5 Å². The molecule has 0 fully saturated rings. The van der Waals surface area contributed by atoms with Crippen molar-refractivity contribution in [3.05, 3.63) is 84.7 Å². The number of amides is 1. The Morgan fingerprint density at radius 1 is 0.962 bits per heavy atom. The number of aromatic amines is 1. The topological polar surface area (TPSA) is 67.0 Å². The molecule has 0 atom stereocenters. The fourth-order valence-electron chi connectivity index (χ4n) is 2.57. The quantitative estimate of drug-likeness (QED) is 0.533. The molecule has 130 valence electrons. The molecule has 0 aliphatic rings. The van der Waals surface area contributed by atoms with Crippen molar-refractivity contribution in [1.82, 2.24) is 9.97 Å². The molecule has 26 heavy (non-hydrogen) atoms. The molecule has 4 aromatic rings. The molecule has 0 aliphatic heterocycles. The number of carbonyl (C=O) groups excluding carboxylic acids is 1. The Morgan fingerprint density at radius 3 is 2.58 bits per heavy atom. The summed E-state index contributed by atoms with van der Waals surface area (Å²) in [6, 6.07) is 20.3. The van der Waals surface area contributed by atoms with E-state index in [-0.39, 0.29) is 18.3 Å². The van der Waals surface area contributed by atoms with Gasteiger partial charge in [-0.25, -0.2) is 4.98 Å². The largest absolute Gasteiger partial charge is 0.438 e. The molecule has 0 radical (unpaired) electrons. The summed E-state index contributed by atoms with van der Waals surface area (Å²) in [5.74, 6) is 1.02. The molecule has 1 amide bonds. The summed E-state index contributed by atoms with van der Waals surface area (Å²) in [5, 5.41) is 3.80. The fourth-order valence-corrected chi connectivity index (χ4v) is 2.57. The minimum absolute atomic E-state index is 0. The highest BCUT2D eigenvalue weighted by Crippen LogP contribution is 2.28. The lowest BCUT2D eigenvalue weighted by Crippen LogP contribution is -2.11. The first-order valence-corrected chi connectivity index (χ1v) is 7.86. The lowest BCUT2D eigenvalue weighted by Gasteiger charge is -2.08. The number of nitrogens with zero attached hydrogens (tertiary/aromatic N) is 1. The second-order valence-corrected chi connectivity index (χ2v) is 5.50. The molecule has 0 saturated heterocycles. The normalized spacial score (nSPS) is 10.2. The minimum atomic E-state index is -0.173. The number of fused-ring (bicyclic) bond motifs is 1. The van der Waals surface area contributed by atoms with Crippen LogP contribution in [0.2, 0.25) is 0 Å². The van der Waals surface area contributed by atoms with Crippen molar-refractivity contribution in [1.29, 1.82) is 0 Å².